The molecule has 0 saturated carbocycles. The third-order valence-electron chi connectivity index (χ3n) is 1.49. The second-order valence-electron chi connectivity index (χ2n) is 2.51. The maximum absolute atomic E-state index is 10.9. The van der Waals surface area contributed by atoms with Gasteiger partial charge in [0, 0.05) is 20.3 Å². The van der Waals surface area contributed by atoms with Crippen molar-refractivity contribution in [2.24, 2.45) is 7.05 Å². The molecule has 1 heterocycles. The topological polar surface area (TPSA) is 59.0 Å². The Morgan fingerprint density at radius 3 is 2.75 bits per heavy atom. The maximum atomic E-state index is 10.9. The van der Waals surface area contributed by atoms with Crippen LogP contribution in [0.1, 0.15) is 5.69 Å². The molecule has 0 saturated heterocycles. The van der Waals surface area contributed by atoms with Crippen LogP contribution in [0.3, 0.4) is 0 Å². The lowest BCUT2D eigenvalue weighted by atomic mass is 10.4. The summed E-state index contributed by atoms with van der Waals surface area (Å²) in [6.07, 6.45) is 1.75. The summed E-state index contributed by atoms with van der Waals surface area (Å²) in [5.41, 5.74) is 1.54. The van der Waals surface area contributed by atoms with Crippen LogP contribution in [-0.2, 0) is 7.05 Å². The molecule has 1 rings (SSSR count). The van der Waals surface area contributed by atoms with Crippen LogP contribution in [0.25, 0.3) is 0 Å². The number of aryl methyl sites for hydroxylation is 2. The molecule has 5 heteroatoms. The predicted octanol–water partition coefficient (Wildman–Crippen LogP) is 0.480. The van der Waals surface area contributed by atoms with Crippen LogP contribution in [0.2, 0.25) is 0 Å². The van der Waals surface area contributed by atoms with Crippen molar-refractivity contribution in [2.75, 3.05) is 12.4 Å². The van der Waals surface area contributed by atoms with E-state index in [9.17, 15) is 4.79 Å². The number of aromatic nitrogens is 2. The molecule has 0 bridgehead atoms. The Bertz CT molecular complexity index is 292. The van der Waals surface area contributed by atoms with Gasteiger partial charge in [-0.1, -0.05) is 0 Å². The second-order valence-corrected chi connectivity index (χ2v) is 2.51. The van der Waals surface area contributed by atoms with Crippen molar-refractivity contribution in [1.82, 2.24) is 15.1 Å². The molecule has 0 aromatic carbocycles. The van der Waals surface area contributed by atoms with Gasteiger partial charge >= 0.3 is 6.03 Å². The number of hydrogen-bond acceptors (Lipinski definition) is 2. The summed E-state index contributed by atoms with van der Waals surface area (Å²) < 4.78 is 1.65. The minimum atomic E-state index is -0.230. The molecule has 0 aliphatic heterocycles. The fraction of sp³-hybridized carbons (Fsp3) is 0.429. The molecule has 2 N–H and O–H groups in total. The lowest BCUT2D eigenvalue weighted by Gasteiger charge is -2.00. The Morgan fingerprint density at radius 1 is 1.67 bits per heavy atom. The first-order chi connectivity index (χ1) is 5.63. The number of amides is 2. The highest BCUT2D eigenvalue weighted by atomic mass is 16.2. The predicted molar refractivity (Wildman–Crippen MR) is 46.0 cm³/mol. The summed E-state index contributed by atoms with van der Waals surface area (Å²) >= 11 is 0. The van der Waals surface area contributed by atoms with Crippen LogP contribution >= 0.6 is 0 Å². The molecule has 0 fully saturated rings. The van der Waals surface area contributed by atoms with Crippen molar-refractivity contribution in [2.45, 2.75) is 6.92 Å². The first-order valence-electron chi connectivity index (χ1n) is 3.62. The van der Waals surface area contributed by atoms with Crippen molar-refractivity contribution in [3.8, 4) is 0 Å². The van der Waals surface area contributed by atoms with Gasteiger partial charge in [-0.15, -0.1) is 0 Å². The molecule has 2 amide bonds. The average Bonchev–Trinajstić information content (AvgIpc) is 2.30. The molecule has 0 spiro atoms. The van der Waals surface area contributed by atoms with E-state index in [2.05, 4.69) is 15.7 Å². The summed E-state index contributed by atoms with van der Waals surface area (Å²) in [5.74, 6) is 0. The fourth-order valence-corrected chi connectivity index (χ4v) is 0.907. The molecule has 5 nitrogen and oxygen atoms in total. The minimum absolute atomic E-state index is 0.230. The molecule has 0 radical (unpaired) electrons. The van der Waals surface area contributed by atoms with Crippen LogP contribution < -0.4 is 10.6 Å². The maximum Gasteiger partial charge on any atom is 0.319 e. The van der Waals surface area contributed by atoms with E-state index in [1.54, 1.807) is 17.9 Å². The summed E-state index contributed by atoms with van der Waals surface area (Å²) in [4.78, 5) is 10.9. The minimum Gasteiger partial charge on any atom is -0.341 e. The van der Waals surface area contributed by atoms with E-state index in [-0.39, 0.29) is 6.03 Å². The Balaban J connectivity index is 2.75. The standard InChI is InChI=1S/C7H12N4O/c1-5-6(4-11(3)10-5)9-7(12)8-2/h4H,1-3H3,(H2,8,9,12). The number of anilines is 1. The Labute approximate surface area is 70.8 Å². The zero-order chi connectivity index (χ0) is 9.14. The highest BCUT2D eigenvalue weighted by Gasteiger charge is 2.04. The highest BCUT2D eigenvalue weighted by Crippen LogP contribution is 2.10. The monoisotopic (exact) mass is 168 g/mol. The summed E-state index contributed by atoms with van der Waals surface area (Å²) in [6, 6.07) is -0.230. The van der Waals surface area contributed by atoms with Gasteiger partial charge in [0.1, 0.15) is 0 Å². The van der Waals surface area contributed by atoms with Gasteiger partial charge in [0.05, 0.1) is 11.4 Å². The Morgan fingerprint density at radius 2 is 2.33 bits per heavy atom. The Kier molecular flexibility index (Phi) is 2.32. The van der Waals surface area contributed by atoms with Crippen LogP contribution in [0.15, 0.2) is 6.20 Å². The summed E-state index contributed by atoms with van der Waals surface area (Å²) in [7, 11) is 3.38. The number of nitrogens with zero attached hydrogens (tertiary/aromatic N) is 2. The second kappa shape index (κ2) is 3.25. The number of carbonyl (C=O) groups is 1. The van der Waals surface area contributed by atoms with Crippen molar-refractivity contribution in [1.29, 1.82) is 0 Å². The third-order valence-corrected chi connectivity index (χ3v) is 1.49. The number of nitrogens with one attached hydrogen (secondary N) is 2. The molecular weight excluding hydrogens is 156 g/mol. The molecule has 1 aromatic heterocycles. The average molecular weight is 168 g/mol. The van der Waals surface area contributed by atoms with Crippen molar-refractivity contribution in [3.05, 3.63) is 11.9 Å². The molecule has 0 aliphatic rings. The molecule has 0 atom stereocenters. The first kappa shape index (κ1) is 8.58. The summed E-state index contributed by atoms with van der Waals surface area (Å²) in [6.45, 7) is 1.84. The fourth-order valence-electron chi connectivity index (χ4n) is 0.907. The number of carbonyl (C=O) groups excluding carboxylic acids is 1. The molecular formula is C7H12N4O. The number of urea groups is 1. The first-order valence-corrected chi connectivity index (χ1v) is 3.62. The van der Waals surface area contributed by atoms with Gasteiger partial charge in [0.15, 0.2) is 0 Å². The van der Waals surface area contributed by atoms with Crippen LogP contribution in [0.5, 0.6) is 0 Å². The van der Waals surface area contributed by atoms with E-state index in [1.165, 1.54) is 0 Å². The van der Waals surface area contributed by atoms with Gasteiger partial charge in [-0.05, 0) is 6.92 Å². The van der Waals surface area contributed by atoms with Gasteiger partial charge in [-0.25, -0.2) is 4.79 Å². The van der Waals surface area contributed by atoms with Gasteiger partial charge in [-0.3, -0.25) is 4.68 Å². The van der Waals surface area contributed by atoms with E-state index in [0.29, 0.717) is 0 Å². The van der Waals surface area contributed by atoms with Crippen LogP contribution in [0, 0.1) is 6.92 Å². The van der Waals surface area contributed by atoms with E-state index >= 15 is 0 Å². The largest absolute Gasteiger partial charge is 0.341 e. The highest BCUT2D eigenvalue weighted by molar-refractivity contribution is 5.89. The van der Waals surface area contributed by atoms with E-state index < -0.39 is 0 Å². The van der Waals surface area contributed by atoms with E-state index in [1.807, 2.05) is 14.0 Å². The zero-order valence-electron chi connectivity index (χ0n) is 7.38. The quantitative estimate of drug-likeness (QED) is 0.640. The summed E-state index contributed by atoms with van der Waals surface area (Å²) in [5, 5.41) is 9.18. The lowest BCUT2D eigenvalue weighted by molar-refractivity contribution is 0.254. The number of hydrogen-bond donors (Lipinski definition) is 2. The molecule has 1 aromatic rings. The number of rotatable bonds is 1. The van der Waals surface area contributed by atoms with Crippen LogP contribution in [0.4, 0.5) is 10.5 Å². The van der Waals surface area contributed by atoms with Crippen molar-refractivity contribution >= 4 is 11.7 Å². The van der Waals surface area contributed by atoms with Gasteiger partial charge in [0.2, 0.25) is 0 Å². The molecule has 12 heavy (non-hydrogen) atoms. The van der Waals surface area contributed by atoms with E-state index in [4.69, 9.17) is 0 Å². The van der Waals surface area contributed by atoms with Gasteiger partial charge in [-0.2, -0.15) is 5.10 Å². The smallest absolute Gasteiger partial charge is 0.319 e. The van der Waals surface area contributed by atoms with Gasteiger partial charge < -0.3 is 10.6 Å². The normalized spacial score (nSPS) is 9.58. The van der Waals surface area contributed by atoms with Crippen molar-refractivity contribution in [3.63, 3.8) is 0 Å². The molecule has 66 valence electrons. The molecule has 0 aliphatic carbocycles. The zero-order valence-corrected chi connectivity index (χ0v) is 7.38. The van der Waals surface area contributed by atoms with Crippen molar-refractivity contribution < 1.29 is 4.79 Å². The molecule has 0 unspecified atom stereocenters. The SMILES string of the molecule is CNC(=O)Nc1cn(C)nc1C. The van der Waals surface area contributed by atoms with Crippen LogP contribution in [-0.4, -0.2) is 22.9 Å². The third kappa shape index (κ3) is 1.75. The lowest BCUT2D eigenvalue weighted by Crippen LogP contribution is -2.24. The van der Waals surface area contributed by atoms with Gasteiger partial charge in [0.25, 0.3) is 0 Å². The Hall–Kier alpha value is -1.52. The van der Waals surface area contributed by atoms with E-state index in [0.717, 1.165) is 11.4 Å².